The van der Waals surface area contributed by atoms with Gasteiger partial charge in [0.15, 0.2) is 0 Å². The van der Waals surface area contributed by atoms with Crippen molar-refractivity contribution in [2.45, 2.75) is 0 Å². The summed E-state index contributed by atoms with van der Waals surface area (Å²) in [4.78, 5) is 0. The molecule has 0 atom stereocenters. The maximum Gasteiger partial charge on any atom is 0.00395 e. The van der Waals surface area contributed by atoms with Gasteiger partial charge in [-0.25, -0.2) is 0 Å². The van der Waals surface area contributed by atoms with E-state index in [-0.39, 0.29) is 0 Å². The minimum Gasteiger partial charge on any atom is -0.788 e. The molecule has 0 aliphatic carbocycles. The second-order valence-corrected chi connectivity index (χ2v) is 0.683. The maximum atomic E-state index is 9.20. The number of nitrogens with two attached hydrogens (primary N) is 1. The first-order valence-corrected chi connectivity index (χ1v) is 1.47. The molecule has 0 saturated carbocycles. The van der Waals surface area contributed by atoms with Gasteiger partial charge in [-0.2, -0.15) is 0 Å². The van der Waals surface area contributed by atoms with Gasteiger partial charge in [0.1, 0.15) is 0 Å². The minimum absolute atomic E-state index is 0.361. The van der Waals surface area contributed by atoms with E-state index in [1.54, 1.807) is 5.48 Å². The monoisotopic (exact) mass is 75.1 g/mol. The van der Waals surface area contributed by atoms with Crippen LogP contribution in [0.3, 0.4) is 0 Å². The average molecular weight is 75.1 g/mol. The standard InChI is InChI=1S/C2H7N2O/c3-1-2-4-5/h4H,1-3H2/q-1. The summed E-state index contributed by atoms with van der Waals surface area (Å²) in [5.41, 5.74) is 6.52. The van der Waals surface area contributed by atoms with Crippen molar-refractivity contribution in [1.29, 1.82) is 0 Å². The molecular formula is C2H7N2O-. The van der Waals surface area contributed by atoms with Gasteiger partial charge in [-0.15, -0.1) is 0 Å². The van der Waals surface area contributed by atoms with Crippen LogP contribution in [-0.4, -0.2) is 13.1 Å². The second-order valence-electron chi connectivity index (χ2n) is 0.683. The van der Waals surface area contributed by atoms with Gasteiger partial charge in [0.05, 0.1) is 0 Å². The highest BCUT2D eigenvalue weighted by Gasteiger charge is 1.58. The van der Waals surface area contributed by atoms with Crippen molar-refractivity contribution in [3.8, 4) is 0 Å². The molecule has 5 heavy (non-hydrogen) atoms. The Morgan fingerprint density at radius 1 is 1.80 bits per heavy atom. The summed E-state index contributed by atoms with van der Waals surface area (Å²) in [6, 6.07) is 0. The van der Waals surface area contributed by atoms with Crippen LogP contribution in [0.2, 0.25) is 0 Å². The first-order chi connectivity index (χ1) is 2.41. The molecule has 0 unspecified atom stereocenters. The lowest BCUT2D eigenvalue weighted by atomic mass is 10.7. The zero-order valence-electron chi connectivity index (χ0n) is 2.90. The summed E-state index contributed by atoms with van der Waals surface area (Å²) in [6.45, 7) is 0.781. The first-order valence-electron chi connectivity index (χ1n) is 1.47. The molecule has 32 valence electrons. The Hall–Kier alpha value is -0.120. The molecule has 0 saturated heterocycles. The van der Waals surface area contributed by atoms with Gasteiger partial charge in [-0.05, 0) is 6.54 Å². The molecule has 0 aromatic rings. The van der Waals surface area contributed by atoms with Crippen LogP contribution >= 0.6 is 0 Å². The van der Waals surface area contributed by atoms with Gasteiger partial charge in [-0.1, -0.05) is 0 Å². The van der Waals surface area contributed by atoms with Gasteiger partial charge in [0.2, 0.25) is 0 Å². The fourth-order valence-corrected chi connectivity index (χ4v) is 0.0589. The van der Waals surface area contributed by atoms with Crippen molar-refractivity contribution in [2.75, 3.05) is 13.1 Å². The quantitative estimate of drug-likeness (QED) is 0.415. The fraction of sp³-hybridized carbons (Fsp3) is 1.00. The van der Waals surface area contributed by atoms with Gasteiger partial charge in [0, 0.05) is 6.54 Å². The summed E-state index contributed by atoms with van der Waals surface area (Å²) in [7, 11) is 0. The number of hydrogen-bond donors (Lipinski definition) is 2. The molecule has 0 aliphatic rings. The lowest BCUT2D eigenvalue weighted by Gasteiger charge is -2.00. The highest BCUT2D eigenvalue weighted by Crippen LogP contribution is 1.39. The predicted octanol–water partition coefficient (Wildman–Crippen LogP) is -0.968. The molecule has 0 aliphatic heterocycles. The third-order valence-electron chi connectivity index (χ3n) is 0.246. The molecule has 0 amide bonds. The molecule has 0 aromatic carbocycles. The molecule has 0 spiro atoms. The van der Waals surface area contributed by atoms with Gasteiger partial charge >= 0.3 is 0 Å². The SMILES string of the molecule is NCCN[O-]. The van der Waals surface area contributed by atoms with Crippen LogP contribution in [0.4, 0.5) is 0 Å². The number of hydroxylamine groups is 1. The molecule has 0 heterocycles. The topological polar surface area (TPSA) is 61.1 Å². The van der Waals surface area contributed by atoms with Crippen LogP contribution in [0.15, 0.2) is 0 Å². The molecule has 0 fully saturated rings. The van der Waals surface area contributed by atoms with Gasteiger partial charge < -0.3 is 16.4 Å². The van der Waals surface area contributed by atoms with Crippen molar-refractivity contribution in [3.05, 3.63) is 5.21 Å². The summed E-state index contributed by atoms with van der Waals surface area (Å²) in [5, 5.41) is 9.20. The van der Waals surface area contributed by atoms with E-state index in [2.05, 4.69) is 0 Å². The summed E-state index contributed by atoms with van der Waals surface area (Å²) in [5.74, 6) is 0. The lowest BCUT2D eigenvalue weighted by Crippen LogP contribution is -2.15. The molecule has 0 radical (unpaired) electrons. The Balaban J connectivity index is 2.19. The Morgan fingerprint density at radius 2 is 2.40 bits per heavy atom. The van der Waals surface area contributed by atoms with E-state index in [1.165, 1.54) is 0 Å². The van der Waals surface area contributed by atoms with E-state index in [0.717, 1.165) is 0 Å². The molecular weight excluding hydrogens is 68.0 g/mol. The Morgan fingerprint density at radius 3 is 2.40 bits per heavy atom. The minimum atomic E-state index is 0.361. The van der Waals surface area contributed by atoms with E-state index in [4.69, 9.17) is 5.73 Å². The van der Waals surface area contributed by atoms with Crippen LogP contribution in [-0.2, 0) is 0 Å². The first kappa shape index (κ1) is 4.88. The highest BCUT2D eigenvalue weighted by molar-refractivity contribution is 4.40. The molecule has 0 bridgehead atoms. The Kier molecular flexibility index (Phi) is 3.79. The summed E-state index contributed by atoms with van der Waals surface area (Å²) >= 11 is 0. The van der Waals surface area contributed by atoms with E-state index in [9.17, 15) is 5.21 Å². The number of rotatable bonds is 2. The number of hydrogen-bond acceptors (Lipinski definition) is 3. The van der Waals surface area contributed by atoms with E-state index in [0.29, 0.717) is 13.1 Å². The molecule has 3 N–H and O–H groups in total. The lowest BCUT2D eigenvalue weighted by molar-refractivity contribution is 0.846. The second kappa shape index (κ2) is 3.88. The van der Waals surface area contributed by atoms with Crippen molar-refractivity contribution in [2.24, 2.45) is 5.73 Å². The van der Waals surface area contributed by atoms with Crippen LogP contribution in [0.5, 0.6) is 0 Å². The van der Waals surface area contributed by atoms with Crippen LogP contribution in [0.25, 0.3) is 0 Å². The molecule has 3 heteroatoms. The maximum absolute atomic E-state index is 9.20. The van der Waals surface area contributed by atoms with Crippen molar-refractivity contribution < 1.29 is 0 Å². The third-order valence-corrected chi connectivity index (χ3v) is 0.246. The van der Waals surface area contributed by atoms with Crippen LogP contribution in [0, 0.1) is 5.21 Å². The van der Waals surface area contributed by atoms with Gasteiger partial charge in [-0.3, -0.25) is 0 Å². The molecule has 0 aromatic heterocycles. The van der Waals surface area contributed by atoms with E-state index >= 15 is 0 Å². The molecule has 3 nitrogen and oxygen atoms in total. The highest BCUT2D eigenvalue weighted by atomic mass is 16.5. The molecule has 0 rings (SSSR count). The van der Waals surface area contributed by atoms with Crippen LogP contribution < -0.4 is 11.2 Å². The Bertz CT molecular complexity index is 15.1. The predicted molar refractivity (Wildman–Crippen MR) is 20.4 cm³/mol. The summed E-state index contributed by atoms with van der Waals surface area (Å²) < 4.78 is 0. The normalized spacial score (nSPS) is 8.40. The average Bonchev–Trinajstić information content (AvgIpc) is 1.41. The fourth-order valence-electron chi connectivity index (χ4n) is 0.0589. The van der Waals surface area contributed by atoms with Gasteiger partial charge in [0.25, 0.3) is 0 Å². The largest absolute Gasteiger partial charge is 0.788 e. The van der Waals surface area contributed by atoms with E-state index < -0.39 is 0 Å². The Labute approximate surface area is 30.7 Å². The third kappa shape index (κ3) is 3.88. The zero-order valence-corrected chi connectivity index (χ0v) is 2.90. The van der Waals surface area contributed by atoms with Crippen LogP contribution in [0.1, 0.15) is 0 Å². The number of nitrogens with one attached hydrogen (secondary N) is 1. The zero-order chi connectivity index (χ0) is 4.12. The smallest absolute Gasteiger partial charge is 0.00395 e. The van der Waals surface area contributed by atoms with Crippen molar-refractivity contribution in [3.63, 3.8) is 0 Å². The van der Waals surface area contributed by atoms with E-state index in [1.807, 2.05) is 0 Å². The summed E-state index contributed by atoms with van der Waals surface area (Å²) in [6.07, 6.45) is 0. The van der Waals surface area contributed by atoms with Crippen molar-refractivity contribution >= 4 is 0 Å². The van der Waals surface area contributed by atoms with Crippen molar-refractivity contribution in [1.82, 2.24) is 5.48 Å².